The number of aromatic nitrogens is 18. The number of H-pyrrole nitrogens is 4. The van der Waals surface area contributed by atoms with E-state index in [2.05, 4.69) is 133 Å². The average molecular weight is 1720 g/mol. The van der Waals surface area contributed by atoms with E-state index >= 15 is 0 Å². The van der Waals surface area contributed by atoms with Crippen LogP contribution in [0.3, 0.4) is 0 Å². The summed E-state index contributed by atoms with van der Waals surface area (Å²) in [5.74, 6) is 8.95. The van der Waals surface area contributed by atoms with E-state index in [-0.39, 0.29) is 78.0 Å². The van der Waals surface area contributed by atoms with Crippen molar-refractivity contribution in [2.24, 2.45) is 0 Å². The molecule has 0 spiro atoms. The second-order valence-electron chi connectivity index (χ2n) is 29.2. The molecule has 127 heavy (non-hydrogen) atoms. The number of ether oxygens (including phenoxy) is 5. The Kier molecular flexibility index (Phi) is 26.6. The normalized spacial score (nSPS) is 13.0. The van der Waals surface area contributed by atoms with Crippen molar-refractivity contribution in [3.8, 4) is 56.8 Å². The second-order valence-corrected chi connectivity index (χ2v) is 29.2. The van der Waals surface area contributed by atoms with Crippen LogP contribution in [0.15, 0.2) is 213 Å². The van der Waals surface area contributed by atoms with E-state index in [1.165, 1.54) is 48.5 Å². The van der Waals surface area contributed by atoms with Gasteiger partial charge in [-0.3, -0.25) is 30.4 Å². The SMILES string of the molecule is CC(Nc1cc(Nc2cc(-c3ccc4c(c3)OCO4)[nH]n2)nc(N)n1)c1ccc(F)cc1.CC(Nc1cc(Nc2cc(C3CCOCC3)[nH]n2)nc(N)n1)c1ccc(F)cc1.COc1ccc(-c2cc(Nc3cc(NC(C)c4ccc(F)cc4)nc(N)n3)n[nH]2)cc1OC.C[C@H](Nc1cc(Nc2cc(-c3ccc4nccnc4c3)[nH]n2)nc(N)n1)c1ccc(F)cc1. The Labute approximate surface area is 724 Å². The summed E-state index contributed by atoms with van der Waals surface area (Å²) in [6.45, 7) is 9.58. The first-order chi connectivity index (χ1) is 61.6. The van der Waals surface area contributed by atoms with Crippen molar-refractivity contribution in [1.29, 1.82) is 0 Å². The third-order valence-corrected chi connectivity index (χ3v) is 20.1. The van der Waals surface area contributed by atoms with Gasteiger partial charge in [-0.15, -0.1) is 0 Å². The van der Waals surface area contributed by atoms with Gasteiger partial charge < -0.3 is 89.2 Å². The summed E-state index contributed by atoms with van der Waals surface area (Å²) in [5.41, 5.74) is 35.1. The minimum atomic E-state index is -0.282. The molecule has 4 atom stereocenters. The Balaban J connectivity index is 0.000000131. The molecule has 648 valence electrons. The first-order valence-electron chi connectivity index (χ1n) is 40.0. The van der Waals surface area contributed by atoms with Crippen LogP contribution in [0.1, 0.15) is 98.6 Å². The average Bonchev–Trinajstić information content (AvgIpc) is 1.71. The molecule has 0 saturated carbocycles. The highest BCUT2D eigenvalue weighted by Gasteiger charge is 2.22. The summed E-state index contributed by atoms with van der Waals surface area (Å²) in [5, 5.41) is 54.9. The molecule has 0 radical (unpaired) electrons. The van der Waals surface area contributed by atoms with Gasteiger partial charge in [0.1, 0.15) is 69.8 Å². The van der Waals surface area contributed by atoms with Crippen LogP contribution in [0.4, 0.5) is 111 Å². The predicted octanol–water partition coefficient (Wildman–Crippen LogP) is 16.9. The molecule has 7 aromatic carbocycles. The van der Waals surface area contributed by atoms with Crippen LogP contribution >= 0.6 is 0 Å². The summed E-state index contributed by atoms with van der Waals surface area (Å²) < 4.78 is 79.5. The number of nitrogens with two attached hydrogens (primary N) is 4. The van der Waals surface area contributed by atoms with E-state index in [4.69, 9.17) is 46.6 Å². The Hall–Kier alpha value is -16.5. The molecule has 11 heterocycles. The van der Waals surface area contributed by atoms with Crippen LogP contribution in [-0.4, -0.2) is 125 Å². The standard InChI is InChI=1S/C23H20FN9.C23H24FN7O2.C22H20FN7O2.C20H24FN7O/c1-13(14-2-5-16(24)6-3-14)28-20-12-21(31-23(25)30-20)29-22-11-18(32-33-22)15-4-7-17-19(10-15)27-9-8-26-17;1-13(14-4-7-16(24)8-5-14)26-20-12-21(29-23(25)28-20)27-22-11-17(30-31-22)15-6-9-18(32-2)19(10-15)33-3;1-12(13-2-5-15(23)6-3-13)25-19-10-20(28-22(24)27-19)26-21-9-16(29-30-21)14-4-7-17-18(8-14)32-11-31-17;1-12(13-2-4-15(21)5-3-13)23-17-11-18(26-20(22)25-17)24-19-10-16(27-28-19)14-6-8-29-9-7-14/h2-13H,1H3,(H5,25,28,29,30,31,32,33);4-13H,1-3H3,(H5,25,26,27,28,29,30,31);2-10,12H,11H2,1H3,(H5,24,25,26,27,28,29,30);2-5,10-12,14H,6-9H2,1H3,(H5,22,23,24,25,26,27,28)/t13-;;;/m0.../s1. The van der Waals surface area contributed by atoms with Gasteiger partial charge in [0.2, 0.25) is 30.6 Å². The largest absolute Gasteiger partial charge is 0.493 e. The highest BCUT2D eigenvalue weighted by atomic mass is 19.1. The topological polar surface area (TPSA) is 490 Å². The van der Waals surface area contributed by atoms with Crippen LogP contribution in [0.25, 0.3) is 44.8 Å². The maximum Gasteiger partial charge on any atom is 0.231 e. The lowest BCUT2D eigenvalue weighted by atomic mass is 9.97. The number of halogens is 4. The fourth-order valence-electron chi connectivity index (χ4n) is 13.6. The van der Waals surface area contributed by atoms with Crippen molar-refractivity contribution in [2.45, 2.75) is 70.6 Å². The molecule has 2 aliphatic rings. The summed E-state index contributed by atoms with van der Waals surface area (Å²) in [4.78, 5) is 42.5. The first-order valence-corrected chi connectivity index (χ1v) is 40.0. The molecule has 35 nitrogen and oxygen atoms in total. The van der Waals surface area contributed by atoms with Crippen molar-refractivity contribution in [3.05, 3.63) is 264 Å². The number of nitrogens with zero attached hydrogens (tertiary/aromatic N) is 14. The van der Waals surface area contributed by atoms with Crippen LogP contribution < -0.4 is 84.4 Å². The number of benzene rings is 7. The number of aromatic amines is 4. The van der Waals surface area contributed by atoms with Crippen molar-refractivity contribution < 1.29 is 41.2 Å². The zero-order valence-electron chi connectivity index (χ0n) is 69.3. The van der Waals surface area contributed by atoms with E-state index in [1.807, 2.05) is 107 Å². The van der Waals surface area contributed by atoms with E-state index in [9.17, 15) is 17.6 Å². The number of rotatable bonds is 26. The fourth-order valence-corrected chi connectivity index (χ4v) is 13.6. The zero-order valence-corrected chi connectivity index (χ0v) is 69.3. The molecular formula is C88H88F4N30O5. The van der Waals surface area contributed by atoms with Crippen molar-refractivity contribution >= 4 is 105 Å². The van der Waals surface area contributed by atoms with Gasteiger partial charge in [-0.25, -0.2) is 17.6 Å². The molecule has 39 heteroatoms. The first kappa shape index (κ1) is 85.5. The Morgan fingerprint density at radius 2 is 0.685 bits per heavy atom. The molecule has 18 rings (SSSR count). The number of hydrogen-bond acceptors (Lipinski definition) is 31. The molecule has 2 aliphatic heterocycles. The number of methoxy groups -OCH3 is 2. The lowest BCUT2D eigenvalue weighted by molar-refractivity contribution is 0.0845. The van der Waals surface area contributed by atoms with Gasteiger partial charge >= 0.3 is 0 Å². The molecule has 0 amide bonds. The molecule has 16 aromatic rings. The third kappa shape index (κ3) is 22.8. The summed E-state index contributed by atoms with van der Waals surface area (Å²) >= 11 is 0. The highest BCUT2D eigenvalue weighted by molar-refractivity contribution is 5.81. The van der Waals surface area contributed by atoms with Gasteiger partial charge in [-0.05, 0) is 160 Å². The number of hydrogen-bond donors (Lipinski definition) is 16. The smallest absolute Gasteiger partial charge is 0.231 e. The Morgan fingerprint density at radius 3 is 1.09 bits per heavy atom. The van der Waals surface area contributed by atoms with Gasteiger partial charge in [0.05, 0.1) is 42.3 Å². The van der Waals surface area contributed by atoms with Crippen molar-refractivity contribution in [1.82, 2.24) is 90.6 Å². The predicted molar refractivity (Wildman–Crippen MR) is 478 cm³/mol. The van der Waals surface area contributed by atoms with Crippen LogP contribution in [0, 0.1) is 23.3 Å². The number of nitrogens with one attached hydrogen (secondary N) is 12. The van der Waals surface area contributed by atoms with Crippen molar-refractivity contribution in [2.75, 3.05) is 99.7 Å². The van der Waals surface area contributed by atoms with Gasteiger partial charge in [0.25, 0.3) is 0 Å². The minimum absolute atomic E-state index is 0.0803. The van der Waals surface area contributed by atoms with Gasteiger partial charge in [-0.2, -0.15) is 60.3 Å². The van der Waals surface area contributed by atoms with E-state index in [0.29, 0.717) is 93.0 Å². The Bertz CT molecular complexity index is 6400. The molecule has 0 bridgehead atoms. The summed E-state index contributed by atoms with van der Waals surface area (Å²) in [6.07, 6.45) is 5.29. The molecule has 1 fully saturated rings. The van der Waals surface area contributed by atoms with Crippen LogP contribution in [-0.2, 0) is 4.74 Å². The van der Waals surface area contributed by atoms with Crippen LogP contribution in [0.2, 0.25) is 0 Å². The Morgan fingerprint density at radius 1 is 0.346 bits per heavy atom. The van der Waals surface area contributed by atoms with Gasteiger partial charge in [0, 0.05) is 127 Å². The molecule has 3 unspecified atom stereocenters. The fraction of sp³-hybridized carbons (Fsp3) is 0.182. The highest BCUT2D eigenvalue weighted by Crippen LogP contribution is 2.38. The maximum absolute atomic E-state index is 13.2. The quantitative estimate of drug-likeness (QED) is 0.0224. The second kappa shape index (κ2) is 39.6. The molecule has 20 N–H and O–H groups in total. The monoisotopic (exact) mass is 1720 g/mol. The summed E-state index contributed by atoms with van der Waals surface area (Å²) in [7, 11) is 3.18. The van der Waals surface area contributed by atoms with Gasteiger partial charge in [-0.1, -0.05) is 54.6 Å². The molecule has 1 saturated heterocycles. The molecule has 9 aromatic heterocycles. The minimum Gasteiger partial charge on any atom is -0.493 e. The number of nitrogen functional groups attached to an aromatic ring is 4. The lowest BCUT2D eigenvalue weighted by Gasteiger charge is -2.20. The zero-order chi connectivity index (χ0) is 88.5. The maximum atomic E-state index is 13.2. The molecule has 0 aliphatic carbocycles. The lowest BCUT2D eigenvalue weighted by Crippen LogP contribution is -2.14. The van der Waals surface area contributed by atoms with Gasteiger partial charge in [0.15, 0.2) is 46.3 Å². The van der Waals surface area contributed by atoms with Crippen LogP contribution in [0.5, 0.6) is 23.0 Å². The summed E-state index contributed by atoms with van der Waals surface area (Å²) in [6, 6.07) is 56.3. The number of fused-ring (bicyclic) bond motifs is 2. The third-order valence-electron chi connectivity index (χ3n) is 20.1. The van der Waals surface area contributed by atoms with E-state index in [0.717, 1.165) is 105 Å². The number of anilines is 16. The molecular weight excluding hydrogens is 1630 g/mol. The van der Waals surface area contributed by atoms with Crippen molar-refractivity contribution in [3.63, 3.8) is 0 Å². The van der Waals surface area contributed by atoms with E-state index in [1.54, 1.807) is 99.4 Å². The van der Waals surface area contributed by atoms with E-state index < -0.39 is 0 Å².